The Balaban J connectivity index is 2.37. The summed E-state index contributed by atoms with van der Waals surface area (Å²) in [6.45, 7) is 7.47. The van der Waals surface area contributed by atoms with Crippen molar-refractivity contribution in [1.29, 1.82) is 0 Å². The molecule has 0 bridgehead atoms. The zero-order chi connectivity index (χ0) is 14.0. The number of hydrogen-bond acceptors (Lipinski definition) is 3. The maximum Gasteiger partial charge on any atom is 0.164 e. The molecule has 3 nitrogen and oxygen atoms in total. The molecule has 104 valence electrons. The topological polar surface area (TPSA) is 29.5 Å². The fraction of sp³-hybridized carbons (Fsp3) is 0.533. The SMILES string of the molecule is CCC1(C)CN(c2cccc(F)c2C(C)=O)CCO1. The van der Waals surface area contributed by atoms with Gasteiger partial charge in [-0.3, -0.25) is 4.79 Å². The number of Topliss-reactive ketones (excluding diaryl/α,β-unsaturated/α-hetero) is 1. The molecule has 2 rings (SSSR count). The number of halogens is 1. The van der Waals surface area contributed by atoms with Crippen molar-refractivity contribution in [3.8, 4) is 0 Å². The van der Waals surface area contributed by atoms with E-state index in [4.69, 9.17) is 4.74 Å². The lowest BCUT2D eigenvalue weighted by Gasteiger charge is -2.41. The number of morpholine rings is 1. The van der Waals surface area contributed by atoms with Gasteiger partial charge in [0, 0.05) is 13.1 Å². The highest BCUT2D eigenvalue weighted by atomic mass is 19.1. The van der Waals surface area contributed by atoms with Crippen LogP contribution in [0.15, 0.2) is 18.2 Å². The molecular formula is C15H20FNO2. The third kappa shape index (κ3) is 2.78. The molecule has 0 radical (unpaired) electrons. The second-order valence-corrected chi connectivity index (χ2v) is 5.26. The number of carbonyl (C=O) groups is 1. The van der Waals surface area contributed by atoms with E-state index in [-0.39, 0.29) is 16.9 Å². The molecule has 1 aliphatic rings. The number of hydrogen-bond donors (Lipinski definition) is 0. The van der Waals surface area contributed by atoms with Crippen molar-refractivity contribution in [2.24, 2.45) is 0 Å². The van der Waals surface area contributed by atoms with Gasteiger partial charge in [-0.25, -0.2) is 4.39 Å². The van der Waals surface area contributed by atoms with Gasteiger partial charge in [0.05, 0.1) is 23.5 Å². The number of anilines is 1. The van der Waals surface area contributed by atoms with Gasteiger partial charge in [0.1, 0.15) is 5.82 Å². The standard InChI is InChI=1S/C15H20FNO2/c1-4-15(3)10-17(8-9-19-15)13-7-5-6-12(16)14(13)11(2)18/h5-7H,4,8-10H2,1-3H3. The lowest BCUT2D eigenvalue weighted by atomic mass is 9.99. The van der Waals surface area contributed by atoms with Crippen LogP contribution in [0.25, 0.3) is 0 Å². The first-order valence-corrected chi connectivity index (χ1v) is 6.65. The summed E-state index contributed by atoms with van der Waals surface area (Å²) >= 11 is 0. The van der Waals surface area contributed by atoms with Gasteiger partial charge in [0.2, 0.25) is 0 Å². The van der Waals surface area contributed by atoms with E-state index < -0.39 is 5.82 Å². The van der Waals surface area contributed by atoms with Crippen LogP contribution in [-0.2, 0) is 4.74 Å². The van der Waals surface area contributed by atoms with Crippen LogP contribution in [0.1, 0.15) is 37.6 Å². The summed E-state index contributed by atoms with van der Waals surface area (Å²) in [6, 6.07) is 4.79. The summed E-state index contributed by atoms with van der Waals surface area (Å²) < 4.78 is 19.6. The van der Waals surface area contributed by atoms with E-state index in [9.17, 15) is 9.18 Å². The summed E-state index contributed by atoms with van der Waals surface area (Å²) in [5.74, 6) is -0.688. The van der Waals surface area contributed by atoms with Gasteiger partial charge in [-0.05, 0) is 32.4 Å². The van der Waals surface area contributed by atoms with Crippen LogP contribution < -0.4 is 4.90 Å². The van der Waals surface area contributed by atoms with Gasteiger partial charge in [-0.2, -0.15) is 0 Å². The molecule has 0 saturated carbocycles. The van der Waals surface area contributed by atoms with Crippen molar-refractivity contribution in [3.63, 3.8) is 0 Å². The third-order valence-corrected chi connectivity index (χ3v) is 3.77. The zero-order valence-corrected chi connectivity index (χ0v) is 11.7. The Morgan fingerprint density at radius 1 is 1.53 bits per heavy atom. The molecule has 0 N–H and O–H groups in total. The average molecular weight is 265 g/mol. The minimum Gasteiger partial charge on any atom is -0.372 e. The Morgan fingerprint density at radius 3 is 2.89 bits per heavy atom. The highest BCUT2D eigenvalue weighted by molar-refractivity contribution is 6.00. The number of ether oxygens (including phenoxy) is 1. The molecular weight excluding hydrogens is 245 g/mol. The molecule has 4 heteroatoms. The minimum absolute atomic E-state index is 0.183. The molecule has 1 aliphatic heterocycles. The number of rotatable bonds is 3. The Bertz CT molecular complexity index is 489. The number of carbonyl (C=O) groups excluding carboxylic acids is 1. The number of benzene rings is 1. The predicted octanol–water partition coefficient (Wildman–Crippen LogP) is 3.03. The monoisotopic (exact) mass is 265 g/mol. The fourth-order valence-electron chi connectivity index (χ4n) is 2.47. The van der Waals surface area contributed by atoms with E-state index in [1.165, 1.54) is 13.0 Å². The molecule has 0 amide bonds. The lowest BCUT2D eigenvalue weighted by Crippen LogP contribution is -2.50. The lowest BCUT2D eigenvalue weighted by molar-refractivity contribution is -0.0441. The maximum absolute atomic E-state index is 13.9. The second kappa shape index (κ2) is 5.29. The molecule has 0 spiro atoms. The van der Waals surface area contributed by atoms with Crippen molar-refractivity contribution < 1.29 is 13.9 Å². The fourth-order valence-corrected chi connectivity index (χ4v) is 2.47. The number of nitrogens with zero attached hydrogens (tertiary/aromatic N) is 1. The summed E-state index contributed by atoms with van der Waals surface area (Å²) in [6.07, 6.45) is 0.883. The van der Waals surface area contributed by atoms with Gasteiger partial charge >= 0.3 is 0 Å². The zero-order valence-electron chi connectivity index (χ0n) is 11.7. The van der Waals surface area contributed by atoms with E-state index >= 15 is 0 Å². The highest BCUT2D eigenvalue weighted by Crippen LogP contribution is 2.29. The summed E-state index contributed by atoms with van der Waals surface area (Å²) in [5, 5.41) is 0. The molecule has 1 saturated heterocycles. The van der Waals surface area contributed by atoms with Crippen LogP contribution in [0.2, 0.25) is 0 Å². The third-order valence-electron chi connectivity index (χ3n) is 3.77. The van der Waals surface area contributed by atoms with Gasteiger partial charge in [0.15, 0.2) is 5.78 Å². The Morgan fingerprint density at radius 2 is 2.26 bits per heavy atom. The van der Waals surface area contributed by atoms with E-state index in [0.717, 1.165) is 6.42 Å². The quantitative estimate of drug-likeness (QED) is 0.787. The molecule has 0 aromatic heterocycles. The molecule has 1 aromatic rings. The van der Waals surface area contributed by atoms with Crippen LogP contribution in [0.4, 0.5) is 10.1 Å². The van der Waals surface area contributed by atoms with E-state index in [1.807, 2.05) is 11.8 Å². The summed E-state index contributed by atoms with van der Waals surface area (Å²) in [4.78, 5) is 13.7. The maximum atomic E-state index is 13.9. The Hall–Kier alpha value is -1.42. The van der Waals surface area contributed by atoms with Gasteiger partial charge in [-0.15, -0.1) is 0 Å². The molecule has 1 atom stereocenters. The van der Waals surface area contributed by atoms with E-state index in [0.29, 0.717) is 25.4 Å². The van der Waals surface area contributed by atoms with Crippen LogP contribution in [0, 0.1) is 5.82 Å². The van der Waals surface area contributed by atoms with Crippen molar-refractivity contribution in [3.05, 3.63) is 29.6 Å². The van der Waals surface area contributed by atoms with Crippen LogP contribution in [0.3, 0.4) is 0 Å². The van der Waals surface area contributed by atoms with Crippen molar-refractivity contribution >= 4 is 11.5 Å². The first kappa shape index (κ1) is 14.0. The molecule has 19 heavy (non-hydrogen) atoms. The smallest absolute Gasteiger partial charge is 0.164 e. The van der Waals surface area contributed by atoms with Crippen LogP contribution >= 0.6 is 0 Å². The Labute approximate surface area is 113 Å². The second-order valence-electron chi connectivity index (χ2n) is 5.26. The predicted molar refractivity (Wildman–Crippen MR) is 73.3 cm³/mol. The van der Waals surface area contributed by atoms with Gasteiger partial charge in [0.25, 0.3) is 0 Å². The molecule has 1 heterocycles. The summed E-state index contributed by atoms with van der Waals surface area (Å²) in [5.41, 5.74) is 0.622. The first-order valence-electron chi connectivity index (χ1n) is 6.65. The average Bonchev–Trinajstić information content (AvgIpc) is 2.38. The molecule has 1 unspecified atom stereocenters. The normalized spacial score (nSPS) is 23.5. The van der Waals surface area contributed by atoms with Crippen LogP contribution in [0.5, 0.6) is 0 Å². The van der Waals surface area contributed by atoms with Gasteiger partial charge in [-0.1, -0.05) is 13.0 Å². The van der Waals surface area contributed by atoms with Crippen LogP contribution in [-0.4, -0.2) is 31.1 Å². The van der Waals surface area contributed by atoms with Crippen molar-refractivity contribution in [2.75, 3.05) is 24.6 Å². The van der Waals surface area contributed by atoms with Crippen molar-refractivity contribution in [2.45, 2.75) is 32.8 Å². The largest absolute Gasteiger partial charge is 0.372 e. The van der Waals surface area contributed by atoms with Crippen molar-refractivity contribution in [1.82, 2.24) is 0 Å². The summed E-state index contributed by atoms with van der Waals surface area (Å²) in [7, 11) is 0. The Kier molecular flexibility index (Phi) is 3.90. The van der Waals surface area contributed by atoms with E-state index in [2.05, 4.69) is 6.92 Å². The molecule has 1 aromatic carbocycles. The van der Waals surface area contributed by atoms with E-state index in [1.54, 1.807) is 12.1 Å². The molecule has 0 aliphatic carbocycles. The molecule has 1 fully saturated rings. The minimum atomic E-state index is -0.449. The number of ketones is 1. The van der Waals surface area contributed by atoms with Gasteiger partial charge < -0.3 is 9.64 Å². The first-order chi connectivity index (χ1) is 8.97. The highest BCUT2D eigenvalue weighted by Gasteiger charge is 2.32.